The van der Waals surface area contributed by atoms with Gasteiger partial charge in [0.2, 0.25) is 0 Å². The Hall–Kier alpha value is -0.246. The maximum absolute atomic E-state index is 6.93. The molecule has 2 aliphatic carbocycles. The molecule has 6 heteroatoms. The van der Waals surface area contributed by atoms with Gasteiger partial charge in [-0.15, -0.1) is 0 Å². The van der Waals surface area contributed by atoms with Crippen LogP contribution in [0.4, 0.5) is 0 Å². The molecule has 0 radical (unpaired) electrons. The monoisotopic (exact) mass is 644 g/mol. The Balaban J connectivity index is 0.000000175. The Morgan fingerprint density at radius 3 is 1.27 bits per heavy atom. The van der Waals surface area contributed by atoms with Crippen LogP contribution in [-0.2, 0) is 18.3 Å². The summed E-state index contributed by atoms with van der Waals surface area (Å²) in [6, 6.07) is 0. The number of hydrogen-bond acceptors (Lipinski definition) is 4. The van der Waals surface area contributed by atoms with E-state index in [1.54, 1.807) is 0 Å². The summed E-state index contributed by atoms with van der Waals surface area (Å²) in [5.74, 6) is 3.21. The SMILES string of the molecule is C[C@@H]1[C@H](O[Si](C)(C)C(C)(C)C)[C@H](C)[C@]23CCC=C[C@H]2C[C@H]1O3.C[C@H]1[C@@H](O[Si](C)(C)C(C)(C)C)[C@@H](C)[C@@]23CCC=C[C@@H]2C[C@@H]1O3. The van der Waals surface area contributed by atoms with Crippen molar-refractivity contribution >= 4 is 16.6 Å². The first-order chi connectivity index (χ1) is 20.2. The van der Waals surface area contributed by atoms with Gasteiger partial charge >= 0.3 is 0 Å². The van der Waals surface area contributed by atoms with E-state index in [4.69, 9.17) is 18.3 Å². The predicted octanol–water partition coefficient (Wildman–Crippen LogP) is 10.3. The molecule has 0 aromatic rings. The Bertz CT molecular complexity index is 1020. The largest absolute Gasteiger partial charge is 0.413 e. The molecule has 0 unspecified atom stereocenters. The zero-order valence-electron chi connectivity index (χ0n) is 31.0. The van der Waals surface area contributed by atoms with Gasteiger partial charge < -0.3 is 18.3 Å². The first-order valence-electron chi connectivity index (χ1n) is 18.2. The summed E-state index contributed by atoms with van der Waals surface area (Å²) in [6.07, 6.45) is 18.1. The number of hydrogen-bond donors (Lipinski definition) is 0. The van der Waals surface area contributed by atoms with Gasteiger partial charge in [-0.25, -0.2) is 0 Å². The van der Waals surface area contributed by atoms with E-state index in [0.29, 0.717) is 59.9 Å². The summed E-state index contributed by atoms with van der Waals surface area (Å²) >= 11 is 0. The molecule has 6 aliphatic rings. The van der Waals surface area contributed by atoms with Crippen molar-refractivity contribution in [2.75, 3.05) is 0 Å². The normalized spacial score (nSPS) is 45.0. The van der Waals surface area contributed by atoms with E-state index in [2.05, 4.69) is 120 Å². The third-order valence-corrected chi connectivity index (χ3v) is 23.3. The zero-order chi connectivity index (χ0) is 32.7. The van der Waals surface area contributed by atoms with Crippen LogP contribution in [0.3, 0.4) is 0 Å². The smallest absolute Gasteiger partial charge is 0.192 e. The second kappa shape index (κ2) is 11.7. The quantitative estimate of drug-likeness (QED) is 0.225. The van der Waals surface area contributed by atoms with Gasteiger partial charge in [0.05, 0.1) is 35.6 Å². The van der Waals surface area contributed by atoms with E-state index in [9.17, 15) is 0 Å². The average molecular weight is 645 g/mol. The van der Waals surface area contributed by atoms with Crippen molar-refractivity contribution in [3.8, 4) is 0 Å². The highest BCUT2D eigenvalue weighted by Gasteiger charge is 2.62. The molecule has 0 aromatic carbocycles. The Kier molecular flexibility index (Phi) is 9.34. The fraction of sp³-hybridized carbons (Fsp3) is 0.895. The molecule has 4 nitrogen and oxygen atoms in total. The number of ether oxygens (including phenoxy) is 2. The van der Waals surface area contributed by atoms with Gasteiger partial charge in [-0.1, -0.05) is 93.5 Å². The summed E-state index contributed by atoms with van der Waals surface area (Å²) in [6.45, 7) is 33.1. The van der Waals surface area contributed by atoms with Crippen molar-refractivity contribution in [1.82, 2.24) is 0 Å². The van der Waals surface area contributed by atoms with Crippen molar-refractivity contribution in [2.24, 2.45) is 35.5 Å². The molecule has 4 bridgehead atoms. The lowest BCUT2D eigenvalue weighted by molar-refractivity contribution is -0.190. The molecular weight excluding hydrogens is 577 g/mol. The lowest BCUT2D eigenvalue weighted by Gasteiger charge is -2.52. The Morgan fingerprint density at radius 2 is 0.955 bits per heavy atom. The van der Waals surface area contributed by atoms with Gasteiger partial charge in [0, 0.05) is 35.5 Å². The highest BCUT2D eigenvalue weighted by Crippen LogP contribution is 2.58. The van der Waals surface area contributed by atoms with Crippen LogP contribution in [0.2, 0.25) is 36.3 Å². The lowest BCUT2D eigenvalue weighted by atomic mass is 9.70. The van der Waals surface area contributed by atoms with Crippen molar-refractivity contribution in [3.63, 3.8) is 0 Å². The van der Waals surface area contributed by atoms with Crippen LogP contribution in [0.15, 0.2) is 24.3 Å². The molecule has 4 heterocycles. The van der Waals surface area contributed by atoms with Gasteiger partial charge in [-0.05, 0) is 74.8 Å². The molecule has 44 heavy (non-hydrogen) atoms. The highest BCUT2D eigenvalue weighted by atomic mass is 28.4. The summed E-state index contributed by atoms with van der Waals surface area (Å²) in [7, 11) is -3.48. The Labute approximate surface area is 273 Å². The van der Waals surface area contributed by atoms with E-state index >= 15 is 0 Å². The molecule has 4 saturated heterocycles. The summed E-state index contributed by atoms with van der Waals surface area (Å²) in [5, 5.41) is 0.542. The summed E-state index contributed by atoms with van der Waals surface area (Å²) < 4.78 is 27.1. The van der Waals surface area contributed by atoms with Crippen LogP contribution < -0.4 is 0 Å². The number of allylic oxidation sites excluding steroid dienone is 2. The van der Waals surface area contributed by atoms with Gasteiger partial charge in [0.25, 0.3) is 0 Å². The molecule has 0 N–H and O–H groups in total. The van der Waals surface area contributed by atoms with Gasteiger partial charge in [0.15, 0.2) is 16.6 Å². The van der Waals surface area contributed by atoms with Gasteiger partial charge in [0.1, 0.15) is 0 Å². The van der Waals surface area contributed by atoms with E-state index in [1.807, 2.05) is 0 Å². The maximum Gasteiger partial charge on any atom is 0.192 e. The minimum atomic E-state index is -1.74. The van der Waals surface area contributed by atoms with Crippen LogP contribution in [0.25, 0.3) is 0 Å². The van der Waals surface area contributed by atoms with Crippen LogP contribution in [0.1, 0.15) is 108 Å². The fourth-order valence-electron chi connectivity index (χ4n) is 9.18. The van der Waals surface area contributed by atoms with E-state index in [-0.39, 0.29) is 21.3 Å². The molecule has 2 spiro atoms. The van der Waals surface area contributed by atoms with E-state index in [0.717, 1.165) is 12.8 Å². The average Bonchev–Trinajstić information content (AvgIpc) is 3.48. The molecule has 12 atom stereocenters. The standard InChI is InChI=1S/2C19H34O2Si/c2*1-13-16-12-15-10-8-9-11-19(15,20-16)14(2)17(13)21-22(6,7)18(3,4)5/h2*8,10,13-17H,9,11-12H2,1-7H3/t2*13-,14-,15-,16+,17-,19+/m10/s1. The first-order valence-corrected chi connectivity index (χ1v) is 24.0. The van der Waals surface area contributed by atoms with Crippen molar-refractivity contribution in [1.29, 1.82) is 0 Å². The van der Waals surface area contributed by atoms with Crippen LogP contribution >= 0.6 is 0 Å². The molecule has 0 amide bonds. The number of rotatable bonds is 4. The highest BCUT2D eigenvalue weighted by molar-refractivity contribution is 6.74. The number of fused-ring (bicyclic) bond motifs is 2. The summed E-state index contributed by atoms with van der Waals surface area (Å²) in [5.41, 5.74) is 0.109. The minimum absolute atomic E-state index is 0.0545. The summed E-state index contributed by atoms with van der Waals surface area (Å²) in [4.78, 5) is 0. The van der Waals surface area contributed by atoms with Crippen molar-refractivity contribution in [3.05, 3.63) is 24.3 Å². The van der Waals surface area contributed by atoms with Crippen LogP contribution in [0.5, 0.6) is 0 Å². The van der Waals surface area contributed by atoms with Crippen LogP contribution in [-0.4, -0.2) is 52.3 Å². The topological polar surface area (TPSA) is 36.9 Å². The second-order valence-corrected chi connectivity index (χ2v) is 28.3. The molecular formula is C38H68O4Si2. The lowest BCUT2D eigenvalue weighted by Crippen LogP contribution is -2.58. The van der Waals surface area contributed by atoms with E-state index in [1.165, 1.54) is 25.7 Å². The third kappa shape index (κ3) is 5.76. The van der Waals surface area contributed by atoms with Crippen molar-refractivity contribution in [2.45, 2.75) is 180 Å². The molecule has 4 aliphatic heterocycles. The maximum atomic E-state index is 6.93. The Morgan fingerprint density at radius 1 is 0.614 bits per heavy atom. The second-order valence-electron chi connectivity index (χ2n) is 18.8. The molecule has 0 aromatic heterocycles. The van der Waals surface area contributed by atoms with Gasteiger partial charge in [-0.3, -0.25) is 0 Å². The van der Waals surface area contributed by atoms with Gasteiger partial charge in [-0.2, -0.15) is 0 Å². The third-order valence-electron chi connectivity index (χ3n) is 14.3. The molecule has 252 valence electrons. The fourth-order valence-corrected chi connectivity index (χ4v) is 12.1. The minimum Gasteiger partial charge on any atom is -0.413 e. The molecule has 0 saturated carbocycles. The van der Waals surface area contributed by atoms with E-state index < -0.39 is 16.6 Å². The van der Waals surface area contributed by atoms with Crippen LogP contribution in [0, 0.1) is 35.5 Å². The first kappa shape index (κ1) is 35.1. The predicted molar refractivity (Wildman–Crippen MR) is 189 cm³/mol. The molecule has 6 rings (SSSR count). The zero-order valence-corrected chi connectivity index (χ0v) is 33.0. The molecule has 4 fully saturated rings. The van der Waals surface area contributed by atoms with Crippen molar-refractivity contribution < 1.29 is 18.3 Å².